The summed E-state index contributed by atoms with van der Waals surface area (Å²) in [6, 6.07) is 3.41. The minimum atomic E-state index is -0.0757. The highest BCUT2D eigenvalue weighted by molar-refractivity contribution is 6.32. The highest BCUT2D eigenvalue weighted by Gasteiger charge is 2.39. The van der Waals surface area contributed by atoms with Crippen LogP contribution in [0.15, 0.2) is 12.1 Å². The second kappa shape index (κ2) is 4.85. The van der Waals surface area contributed by atoms with Crippen LogP contribution < -0.4 is 9.47 Å². The van der Waals surface area contributed by atoms with Gasteiger partial charge in [-0.1, -0.05) is 11.6 Å². The molecule has 1 aromatic carbocycles. The largest absolute Gasteiger partial charge is 0.489 e. The molecule has 0 atom stereocenters. The lowest BCUT2D eigenvalue weighted by molar-refractivity contribution is 0.0157. The predicted molar refractivity (Wildman–Crippen MR) is 76.8 cm³/mol. The van der Waals surface area contributed by atoms with Gasteiger partial charge in [-0.15, -0.1) is 0 Å². The van der Waals surface area contributed by atoms with E-state index in [0.29, 0.717) is 35.3 Å². The molecule has 2 aliphatic rings. The lowest BCUT2D eigenvalue weighted by Crippen LogP contribution is -2.58. The van der Waals surface area contributed by atoms with Crippen LogP contribution in [-0.2, 0) is 0 Å². The Kier molecular flexibility index (Phi) is 3.28. The van der Waals surface area contributed by atoms with E-state index in [0.717, 1.165) is 19.4 Å². The van der Waals surface area contributed by atoms with E-state index >= 15 is 0 Å². The Morgan fingerprint density at radius 2 is 2.05 bits per heavy atom. The summed E-state index contributed by atoms with van der Waals surface area (Å²) in [7, 11) is 0. The molecule has 1 aromatic rings. The van der Waals surface area contributed by atoms with E-state index in [-0.39, 0.29) is 11.4 Å². The van der Waals surface area contributed by atoms with Crippen LogP contribution in [0, 0.1) is 0 Å². The van der Waals surface area contributed by atoms with Gasteiger partial charge < -0.3 is 14.4 Å². The monoisotopic (exact) mass is 295 g/mol. The van der Waals surface area contributed by atoms with Crippen LogP contribution >= 0.6 is 11.6 Å². The highest BCUT2D eigenvalue weighted by Crippen LogP contribution is 2.39. The SMILES string of the molecule is CC1(C)CCN1C(=O)c1cc(Cl)c2c(c1)OCCCO2. The number of benzene rings is 1. The third-order valence-corrected chi connectivity index (χ3v) is 4.25. The average Bonchev–Trinajstić information content (AvgIpc) is 2.63. The summed E-state index contributed by atoms with van der Waals surface area (Å²) >= 11 is 6.23. The number of halogens is 1. The van der Waals surface area contributed by atoms with E-state index in [9.17, 15) is 4.79 Å². The number of carbonyl (C=O) groups is 1. The van der Waals surface area contributed by atoms with Crippen LogP contribution in [0.1, 0.15) is 37.0 Å². The van der Waals surface area contributed by atoms with Gasteiger partial charge in [-0.05, 0) is 32.4 Å². The average molecular weight is 296 g/mol. The van der Waals surface area contributed by atoms with Gasteiger partial charge in [-0.2, -0.15) is 0 Å². The molecule has 2 heterocycles. The van der Waals surface area contributed by atoms with Crippen molar-refractivity contribution in [1.29, 1.82) is 0 Å². The Morgan fingerprint density at radius 3 is 2.70 bits per heavy atom. The van der Waals surface area contributed by atoms with Crippen molar-refractivity contribution in [3.05, 3.63) is 22.7 Å². The maximum absolute atomic E-state index is 12.5. The number of nitrogens with zero attached hydrogens (tertiary/aromatic N) is 1. The lowest BCUT2D eigenvalue weighted by Gasteiger charge is -2.48. The molecule has 0 N–H and O–H groups in total. The first-order valence-electron chi connectivity index (χ1n) is 6.90. The van der Waals surface area contributed by atoms with E-state index < -0.39 is 0 Å². The maximum Gasteiger partial charge on any atom is 0.254 e. The molecule has 1 amide bonds. The quantitative estimate of drug-likeness (QED) is 0.799. The lowest BCUT2D eigenvalue weighted by atomic mass is 9.88. The van der Waals surface area contributed by atoms with Crippen molar-refractivity contribution < 1.29 is 14.3 Å². The molecule has 0 radical (unpaired) electrons. The van der Waals surface area contributed by atoms with Crippen LogP contribution in [0.2, 0.25) is 5.02 Å². The van der Waals surface area contributed by atoms with E-state index in [1.807, 2.05) is 4.90 Å². The van der Waals surface area contributed by atoms with Crippen molar-refractivity contribution in [2.24, 2.45) is 0 Å². The molecule has 4 nitrogen and oxygen atoms in total. The Labute approximate surface area is 123 Å². The second-order valence-corrected chi connectivity index (χ2v) is 6.26. The molecule has 0 aliphatic carbocycles. The number of ether oxygens (including phenoxy) is 2. The summed E-state index contributed by atoms with van der Waals surface area (Å²) in [5.41, 5.74) is 0.486. The fourth-order valence-corrected chi connectivity index (χ4v) is 2.82. The van der Waals surface area contributed by atoms with E-state index in [1.54, 1.807) is 12.1 Å². The summed E-state index contributed by atoms with van der Waals surface area (Å²) in [5, 5.41) is 0.436. The van der Waals surface area contributed by atoms with Gasteiger partial charge in [0.05, 0.1) is 18.2 Å². The van der Waals surface area contributed by atoms with Gasteiger partial charge in [-0.25, -0.2) is 0 Å². The first kappa shape index (κ1) is 13.6. The summed E-state index contributed by atoms with van der Waals surface area (Å²) in [6.45, 7) is 6.09. The van der Waals surface area contributed by atoms with Crippen molar-refractivity contribution in [3.63, 3.8) is 0 Å². The van der Waals surface area contributed by atoms with Crippen LogP contribution in [0.4, 0.5) is 0 Å². The Morgan fingerprint density at radius 1 is 1.30 bits per heavy atom. The fourth-order valence-electron chi connectivity index (χ4n) is 2.56. The predicted octanol–water partition coefficient (Wildman–Crippen LogP) is 3.13. The zero-order valence-corrected chi connectivity index (χ0v) is 12.5. The third kappa shape index (κ3) is 2.22. The molecule has 5 heteroatoms. The van der Waals surface area contributed by atoms with E-state index in [4.69, 9.17) is 21.1 Å². The summed E-state index contributed by atoms with van der Waals surface area (Å²) in [4.78, 5) is 14.4. The number of carbonyl (C=O) groups excluding carboxylic acids is 1. The van der Waals surface area contributed by atoms with Gasteiger partial charge in [0.2, 0.25) is 0 Å². The smallest absolute Gasteiger partial charge is 0.254 e. The van der Waals surface area contributed by atoms with Gasteiger partial charge in [-0.3, -0.25) is 4.79 Å². The second-order valence-electron chi connectivity index (χ2n) is 5.86. The zero-order valence-electron chi connectivity index (χ0n) is 11.7. The minimum absolute atomic E-state index is 0.00111. The third-order valence-electron chi connectivity index (χ3n) is 3.97. The van der Waals surface area contributed by atoms with Gasteiger partial charge in [0, 0.05) is 24.1 Å². The number of amides is 1. The van der Waals surface area contributed by atoms with Gasteiger partial charge in [0.15, 0.2) is 11.5 Å². The number of hydrogen-bond donors (Lipinski definition) is 0. The van der Waals surface area contributed by atoms with Crippen molar-refractivity contribution in [3.8, 4) is 11.5 Å². The molecule has 3 rings (SSSR count). The highest BCUT2D eigenvalue weighted by atomic mass is 35.5. The van der Waals surface area contributed by atoms with Gasteiger partial charge in [0.25, 0.3) is 5.91 Å². The molecule has 1 saturated heterocycles. The summed E-state index contributed by atoms with van der Waals surface area (Å²) in [5.74, 6) is 1.11. The van der Waals surface area contributed by atoms with Crippen molar-refractivity contribution in [1.82, 2.24) is 4.90 Å². The topological polar surface area (TPSA) is 38.8 Å². The van der Waals surface area contributed by atoms with Gasteiger partial charge >= 0.3 is 0 Å². The number of hydrogen-bond acceptors (Lipinski definition) is 3. The van der Waals surface area contributed by atoms with Crippen LogP contribution in [0.25, 0.3) is 0 Å². The standard InChI is InChI=1S/C15H18ClNO3/c1-15(2)4-5-17(15)14(18)10-8-11(16)13-12(9-10)19-6-3-7-20-13/h8-9H,3-7H2,1-2H3. The molecule has 108 valence electrons. The fraction of sp³-hybridized carbons (Fsp3) is 0.533. The van der Waals surface area contributed by atoms with Crippen molar-refractivity contribution in [2.45, 2.75) is 32.2 Å². The Bertz CT molecular complexity index is 556. The molecule has 0 saturated carbocycles. The maximum atomic E-state index is 12.5. The van der Waals surface area contributed by atoms with Crippen LogP contribution in [-0.4, -0.2) is 36.1 Å². The van der Waals surface area contributed by atoms with Crippen LogP contribution in [0.3, 0.4) is 0 Å². The molecule has 0 aromatic heterocycles. The Hall–Kier alpha value is -1.42. The molecule has 0 bridgehead atoms. The van der Waals surface area contributed by atoms with Crippen molar-refractivity contribution in [2.75, 3.05) is 19.8 Å². The first-order valence-corrected chi connectivity index (χ1v) is 7.28. The Balaban J connectivity index is 1.93. The van der Waals surface area contributed by atoms with Crippen LogP contribution in [0.5, 0.6) is 11.5 Å². The normalized spacial score (nSPS) is 20.1. The molecular formula is C15H18ClNO3. The number of rotatable bonds is 1. The molecule has 1 fully saturated rings. The summed E-state index contributed by atoms with van der Waals surface area (Å²) < 4.78 is 11.2. The molecule has 2 aliphatic heterocycles. The molecule has 0 unspecified atom stereocenters. The number of fused-ring (bicyclic) bond motifs is 1. The zero-order chi connectivity index (χ0) is 14.3. The van der Waals surface area contributed by atoms with E-state index in [2.05, 4.69) is 13.8 Å². The molecular weight excluding hydrogens is 278 g/mol. The van der Waals surface area contributed by atoms with Crippen molar-refractivity contribution >= 4 is 17.5 Å². The first-order chi connectivity index (χ1) is 9.49. The van der Waals surface area contributed by atoms with E-state index in [1.165, 1.54) is 0 Å². The molecule has 20 heavy (non-hydrogen) atoms. The van der Waals surface area contributed by atoms with Gasteiger partial charge in [0.1, 0.15) is 0 Å². The summed E-state index contributed by atoms with van der Waals surface area (Å²) in [6.07, 6.45) is 1.84. The minimum Gasteiger partial charge on any atom is -0.489 e. The molecule has 0 spiro atoms. The number of likely N-dealkylation sites (tertiary alicyclic amines) is 1.